The zero-order valence-corrected chi connectivity index (χ0v) is 11.1. The summed E-state index contributed by atoms with van der Waals surface area (Å²) < 4.78 is 0. The fourth-order valence-corrected chi connectivity index (χ4v) is 3.92. The van der Waals surface area contributed by atoms with Crippen LogP contribution >= 0.6 is 8.58 Å². The molecule has 3 nitrogen and oxygen atoms in total. The fraction of sp³-hybridized carbons (Fsp3) is 0.538. The van der Waals surface area contributed by atoms with E-state index in [1.54, 1.807) is 0 Å². The molecule has 0 saturated heterocycles. The molecule has 0 spiro atoms. The molecule has 1 aliphatic rings. The normalized spacial score (nSPS) is 25.8. The Balaban J connectivity index is 1.76. The summed E-state index contributed by atoms with van der Waals surface area (Å²) in [7, 11) is 0.949. The smallest absolute Gasteiger partial charge is 0.107 e. The van der Waals surface area contributed by atoms with Crippen LogP contribution in [0.2, 0.25) is 0 Å². The van der Waals surface area contributed by atoms with E-state index in [9.17, 15) is 0 Å². The molecule has 1 unspecified atom stereocenters. The summed E-state index contributed by atoms with van der Waals surface area (Å²) in [6.45, 7) is 0. The zero-order valence-electron chi connectivity index (χ0n) is 10.1. The third-order valence-electron chi connectivity index (χ3n) is 3.30. The number of rotatable bonds is 4. The second kappa shape index (κ2) is 6.46. The standard InChI is InChI=1S/C13H22N3P/c14-13(15)16-10-6-8-12(9-7-10)17-11-4-2-1-3-5-11/h1-5,10,12-13,16-17H,6-9,14-15H2. The first-order valence-corrected chi connectivity index (χ1v) is 7.40. The lowest BCUT2D eigenvalue weighted by atomic mass is 9.95. The first-order valence-electron chi connectivity index (χ1n) is 6.33. The molecular formula is C13H22N3P. The highest BCUT2D eigenvalue weighted by molar-refractivity contribution is 7.48. The molecule has 17 heavy (non-hydrogen) atoms. The maximum absolute atomic E-state index is 5.55. The molecule has 1 fully saturated rings. The Kier molecular flexibility index (Phi) is 4.93. The SMILES string of the molecule is NC(N)NC1CCC(Pc2ccccc2)CC1. The van der Waals surface area contributed by atoms with Gasteiger partial charge in [0.1, 0.15) is 6.29 Å². The predicted molar refractivity (Wildman–Crippen MR) is 75.7 cm³/mol. The average Bonchev–Trinajstić information content (AvgIpc) is 2.32. The number of hydrogen-bond donors (Lipinski definition) is 3. The lowest BCUT2D eigenvalue weighted by Gasteiger charge is -2.30. The van der Waals surface area contributed by atoms with Gasteiger partial charge in [0.25, 0.3) is 0 Å². The Bertz CT molecular complexity index is 321. The number of nitrogens with two attached hydrogens (primary N) is 2. The molecule has 0 radical (unpaired) electrons. The van der Waals surface area contributed by atoms with Crippen LogP contribution in [0.3, 0.4) is 0 Å². The molecule has 0 bridgehead atoms. The van der Waals surface area contributed by atoms with Crippen LogP contribution in [0.5, 0.6) is 0 Å². The van der Waals surface area contributed by atoms with Crippen molar-refractivity contribution in [1.82, 2.24) is 5.32 Å². The summed E-state index contributed by atoms with van der Waals surface area (Å²) in [5, 5.41) is 4.71. The Morgan fingerprint density at radius 3 is 2.29 bits per heavy atom. The number of nitrogens with one attached hydrogen (secondary N) is 1. The quantitative estimate of drug-likeness (QED) is 0.554. The minimum absolute atomic E-state index is 0.367. The molecule has 2 rings (SSSR count). The Morgan fingerprint density at radius 1 is 1.06 bits per heavy atom. The Hall–Kier alpha value is -0.470. The predicted octanol–water partition coefficient (Wildman–Crippen LogP) is 1.09. The van der Waals surface area contributed by atoms with E-state index < -0.39 is 0 Å². The summed E-state index contributed by atoms with van der Waals surface area (Å²) in [5.41, 5.74) is 12.0. The van der Waals surface area contributed by atoms with Crippen molar-refractivity contribution < 1.29 is 0 Å². The zero-order chi connectivity index (χ0) is 12.1. The summed E-state index contributed by atoms with van der Waals surface area (Å²) in [4.78, 5) is 0. The van der Waals surface area contributed by atoms with Gasteiger partial charge in [-0.15, -0.1) is 0 Å². The van der Waals surface area contributed by atoms with E-state index in [-0.39, 0.29) is 6.29 Å². The molecule has 0 aromatic heterocycles. The molecule has 94 valence electrons. The highest BCUT2D eigenvalue weighted by Crippen LogP contribution is 2.32. The maximum atomic E-state index is 5.55. The van der Waals surface area contributed by atoms with E-state index in [4.69, 9.17) is 11.5 Å². The molecule has 0 aliphatic heterocycles. The average molecular weight is 251 g/mol. The largest absolute Gasteiger partial charge is 0.304 e. The van der Waals surface area contributed by atoms with Gasteiger partial charge in [0.2, 0.25) is 0 Å². The summed E-state index contributed by atoms with van der Waals surface area (Å²) in [6.07, 6.45) is 4.62. The van der Waals surface area contributed by atoms with Crippen molar-refractivity contribution in [2.75, 3.05) is 0 Å². The molecule has 1 aliphatic carbocycles. The first-order chi connectivity index (χ1) is 8.24. The van der Waals surface area contributed by atoms with Crippen molar-refractivity contribution in [2.45, 2.75) is 43.7 Å². The molecule has 4 heteroatoms. The number of hydrogen-bond acceptors (Lipinski definition) is 3. The van der Waals surface area contributed by atoms with Crippen molar-refractivity contribution in [3.05, 3.63) is 30.3 Å². The van der Waals surface area contributed by atoms with Gasteiger partial charge >= 0.3 is 0 Å². The molecule has 5 N–H and O–H groups in total. The molecule has 1 saturated carbocycles. The van der Waals surface area contributed by atoms with Crippen LogP contribution < -0.4 is 22.1 Å². The molecular weight excluding hydrogens is 229 g/mol. The third-order valence-corrected chi connectivity index (χ3v) is 4.95. The van der Waals surface area contributed by atoms with E-state index in [1.165, 1.54) is 31.0 Å². The van der Waals surface area contributed by atoms with E-state index in [0.29, 0.717) is 6.04 Å². The van der Waals surface area contributed by atoms with Gasteiger partial charge in [0.15, 0.2) is 0 Å². The molecule has 1 aromatic carbocycles. The summed E-state index contributed by atoms with van der Waals surface area (Å²) in [6, 6.07) is 11.3. The van der Waals surface area contributed by atoms with Crippen LogP contribution in [-0.4, -0.2) is 18.0 Å². The molecule has 1 aromatic rings. The van der Waals surface area contributed by atoms with Crippen molar-refractivity contribution >= 4 is 13.9 Å². The van der Waals surface area contributed by atoms with Gasteiger partial charge in [-0.05, 0) is 36.6 Å². The summed E-state index contributed by atoms with van der Waals surface area (Å²) >= 11 is 0. The molecule has 1 atom stereocenters. The van der Waals surface area contributed by atoms with Gasteiger partial charge in [-0.25, -0.2) is 0 Å². The summed E-state index contributed by atoms with van der Waals surface area (Å²) in [5.74, 6) is 0. The van der Waals surface area contributed by atoms with Gasteiger partial charge in [-0.2, -0.15) is 0 Å². The minimum Gasteiger partial charge on any atom is -0.304 e. The maximum Gasteiger partial charge on any atom is 0.107 e. The van der Waals surface area contributed by atoms with Gasteiger partial charge in [-0.1, -0.05) is 38.9 Å². The third kappa shape index (κ3) is 4.36. The Labute approximate surface area is 105 Å². The van der Waals surface area contributed by atoms with E-state index >= 15 is 0 Å². The second-order valence-corrected chi connectivity index (χ2v) is 6.43. The van der Waals surface area contributed by atoms with Gasteiger partial charge in [-0.3, -0.25) is 5.32 Å². The Morgan fingerprint density at radius 2 is 1.71 bits per heavy atom. The first kappa shape index (κ1) is 13.0. The van der Waals surface area contributed by atoms with E-state index in [1.807, 2.05) is 0 Å². The second-order valence-electron chi connectivity index (χ2n) is 4.75. The van der Waals surface area contributed by atoms with Crippen LogP contribution in [0, 0.1) is 0 Å². The van der Waals surface area contributed by atoms with Crippen LogP contribution in [0.4, 0.5) is 0 Å². The van der Waals surface area contributed by atoms with E-state index in [0.717, 1.165) is 14.2 Å². The monoisotopic (exact) mass is 251 g/mol. The van der Waals surface area contributed by atoms with Crippen LogP contribution in [0.1, 0.15) is 25.7 Å². The van der Waals surface area contributed by atoms with Crippen LogP contribution in [-0.2, 0) is 0 Å². The van der Waals surface area contributed by atoms with Gasteiger partial charge in [0.05, 0.1) is 0 Å². The van der Waals surface area contributed by atoms with Gasteiger partial charge in [0, 0.05) is 6.04 Å². The fourth-order valence-electron chi connectivity index (χ4n) is 2.45. The van der Waals surface area contributed by atoms with Crippen molar-refractivity contribution in [3.8, 4) is 0 Å². The number of benzene rings is 1. The lowest BCUT2D eigenvalue weighted by Crippen LogP contribution is -2.51. The van der Waals surface area contributed by atoms with Crippen molar-refractivity contribution in [3.63, 3.8) is 0 Å². The molecule has 0 amide bonds. The van der Waals surface area contributed by atoms with Crippen LogP contribution in [0.15, 0.2) is 30.3 Å². The topological polar surface area (TPSA) is 64.1 Å². The van der Waals surface area contributed by atoms with E-state index in [2.05, 4.69) is 35.6 Å². The van der Waals surface area contributed by atoms with Crippen molar-refractivity contribution in [1.29, 1.82) is 0 Å². The highest BCUT2D eigenvalue weighted by Gasteiger charge is 2.21. The minimum atomic E-state index is -0.367. The molecule has 0 heterocycles. The lowest BCUT2D eigenvalue weighted by molar-refractivity contribution is 0.346. The highest BCUT2D eigenvalue weighted by atomic mass is 31.1. The van der Waals surface area contributed by atoms with Crippen molar-refractivity contribution in [2.24, 2.45) is 11.5 Å². The van der Waals surface area contributed by atoms with Crippen LogP contribution in [0.25, 0.3) is 0 Å². The van der Waals surface area contributed by atoms with Gasteiger partial charge < -0.3 is 11.5 Å².